The van der Waals surface area contributed by atoms with Gasteiger partial charge in [-0.2, -0.15) is 0 Å². The van der Waals surface area contributed by atoms with Crippen LogP contribution in [0, 0.1) is 0 Å². The largest absolute Gasteiger partial charge is 0.449 e. The molecule has 1 N–H and O–H groups in total. The summed E-state index contributed by atoms with van der Waals surface area (Å²) in [6.45, 7) is 7.59. The van der Waals surface area contributed by atoms with E-state index in [2.05, 4.69) is 10.3 Å². The molecule has 1 amide bonds. The minimum Gasteiger partial charge on any atom is -0.449 e. The summed E-state index contributed by atoms with van der Waals surface area (Å²) in [5.41, 5.74) is 3.21. The zero-order valence-corrected chi connectivity index (χ0v) is 16.0. The average Bonchev–Trinajstić information content (AvgIpc) is 2.99. The van der Waals surface area contributed by atoms with E-state index in [-0.39, 0.29) is 12.8 Å². The first-order chi connectivity index (χ1) is 11.8. The number of aromatic nitrogens is 1. The molecule has 1 aromatic heterocycles. The van der Waals surface area contributed by atoms with Crippen molar-refractivity contribution in [3.8, 4) is 16.3 Å². The number of hydrogen-bond donors (Lipinski definition) is 1. The van der Waals surface area contributed by atoms with Gasteiger partial charge in [-0.1, -0.05) is 24.3 Å². The molecule has 0 bridgehead atoms. The van der Waals surface area contributed by atoms with E-state index in [9.17, 15) is 4.79 Å². The molecule has 0 spiro atoms. The predicted octanol–water partition coefficient (Wildman–Crippen LogP) is 4.38. The average molecular weight is 364 g/mol. The molecule has 0 unspecified atom stereocenters. The number of alkyl carbamates (subject to hydrolysis) is 1. The smallest absolute Gasteiger partial charge is 0.408 e. The lowest BCUT2D eigenvalue weighted by molar-refractivity contribution is 0.0486. The van der Waals surface area contributed by atoms with Gasteiger partial charge in [0.1, 0.15) is 5.60 Å². The number of rotatable bonds is 6. The first-order valence-electron chi connectivity index (χ1n) is 7.95. The maximum Gasteiger partial charge on any atom is 0.408 e. The predicted molar refractivity (Wildman–Crippen MR) is 97.8 cm³/mol. The van der Waals surface area contributed by atoms with Crippen molar-refractivity contribution in [3.05, 3.63) is 35.3 Å². The van der Waals surface area contributed by atoms with Gasteiger partial charge >= 0.3 is 6.09 Å². The highest BCUT2D eigenvalue weighted by Gasteiger charge is 2.18. The van der Waals surface area contributed by atoms with Gasteiger partial charge in [-0.15, -0.1) is 11.3 Å². The number of methoxy groups -OCH3 is 1. The van der Waals surface area contributed by atoms with Gasteiger partial charge in [0, 0.05) is 7.11 Å². The van der Waals surface area contributed by atoms with E-state index in [4.69, 9.17) is 14.2 Å². The molecule has 2 aromatic rings. The molecule has 0 aliphatic heterocycles. The van der Waals surface area contributed by atoms with Crippen molar-refractivity contribution in [3.63, 3.8) is 0 Å². The van der Waals surface area contributed by atoms with Crippen LogP contribution in [0.3, 0.4) is 0 Å². The van der Waals surface area contributed by atoms with Crippen molar-refractivity contribution in [1.82, 2.24) is 10.3 Å². The van der Waals surface area contributed by atoms with Gasteiger partial charge in [-0.05, 0) is 38.8 Å². The fraction of sp³-hybridized carbons (Fsp3) is 0.444. The summed E-state index contributed by atoms with van der Waals surface area (Å²) in [6, 6.07) is 7.74. The van der Waals surface area contributed by atoms with Gasteiger partial charge in [-0.25, -0.2) is 9.78 Å². The summed E-state index contributed by atoms with van der Waals surface area (Å²) in [5.74, 6) is 0.555. The topological polar surface area (TPSA) is 69.7 Å². The Balaban J connectivity index is 2.04. The van der Waals surface area contributed by atoms with Gasteiger partial charge in [0.25, 0.3) is 0 Å². The Bertz CT molecular complexity index is 692. The fourth-order valence-electron chi connectivity index (χ4n) is 2.14. The maximum atomic E-state index is 11.9. The van der Waals surface area contributed by atoms with Crippen LogP contribution < -0.4 is 10.1 Å². The third kappa shape index (κ3) is 5.72. The SMILES string of the molecule is COCOc1ncsc1-c1ccc([C@H](C)NC(=O)OC(C)(C)C)cc1. The van der Waals surface area contributed by atoms with Crippen LogP contribution in [0.1, 0.15) is 39.3 Å². The first-order valence-corrected chi connectivity index (χ1v) is 8.83. The summed E-state index contributed by atoms with van der Waals surface area (Å²) < 4.78 is 15.7. The Morgan fingerprint density at radius 2 is 1.96 bits per heavy atom. The summed E-state index contributed by atoms with van der Waals surface area (Å²) >= 11 is 1.50. The Kier molecular flexibility index (Phi) is 6.39. The van der Waals surface area contributed by atoms with Crippen LogP contribution in [-0.4, -0.2) is 30.6 Å². The number of thiazole rings is 1. The van der Waals surface area contributed by atoms with Crippen molar-refractivity contribution in [2.24, 2.45) is 0 Å². The lowest BCUT2D eigenvalue weighted by atomic mass is 10.1. The van der Waals surface area contributed by atoms with Crippen LogP contribution in [0.4, 0.5) is 4.79 Å². The Morgan fingerprint density at radius 1 is 1.28 bits per heavy atom. The molecule has 1 aromatic carbocycles. The molecule has 0 radical (unpaired) electrons. The fourth-order valence-corrected chi connectivity index (χ4v) is 2.87. The minimum absolute atomic E-state index is 0.158. The maximum absolute atomic E-state index is 11.9. The first kappa shape index (κ1) is 19.2. The quantitative estimate of drug-likeness (QED) is 0.770. The Morgan fingerprint density at radius 3 is 2.56 bits per heavy atom. The second-order valence-corrected chi connectivity index (χ2v) is 7.38. The molecule has 0 saturated carbocycles. The van der Waals surface area contributed by atoms with Crippen LogP contribution in [0.2, 0.25) is 0 Å². The van der Waals surface area contributed by atoms with Crippen molar-refractivity contribution in [1.29, 1.82) is 0 Å². The van der Waals surface area contributed by atoms with Gasteiger partial charge in [0.15, 0.2) is 6.79 Å². The van der Waals surface area contributed by atoms with E-state index in [1.165, 1.54) is 11.3 Å². The zero-order chi connectivity index (χ0) is 18.4. The molecule has 6 nitrogen and oxygen atoms in total. The number of carbonyl (C=O) groups excluding carboxylic acids is 1. The number of carbonyl (C=O) groups is 1. The number of ether oxygens (including phenoxy) is 3. The van der Waals surface area contributed by atoms with Crippen molar-refractivity contribution >= 4 is 17.4 Å². The third-order valence-electron chi connectivity index (χ3n) is 3.25. The second kappa shape index (κ2) is 8.31. The number of nitrogens with zero attached hydrogens (tertiary/aromatic N) is 1. The van der Waals surface area contributed by atoms with Crippen molar-refractivity contribution < 1.29 is 19.0 Å². The van der Waals surface area contributed by atoms with Gasteiger partial charge in [-0.3, -0.25) is 0 Å². The molecule has 25 heavy (non-hydrogen) atoms. The lowest BCUT2D eigenvalue weighted by Gasteiger charge is -2.22. The van der Waals surface area contributed by atoms with Crippen LogP contribution in [0.25, 0.3) is 10.4 Å². The lowest BCUT2D eigenvalue weighted by Crippen LogP contribution is -2.34. The molecular formula is C18H24N2O4S. The molecule has 0 aliphatic carbocycles. The van der Waals surface area contributed by atoms with E-state index in [1.54, 1.807) is 12.6 Å². The van der Waals surface area contributed by atoms with Gasteiger partial charge in [0.05, 0.1) is 16.4 Å². The van der Waals surface area contributed by atoms with Crippen molar-refractivity contribution in [2.75, 3.05) is 13.9 Å². The number of benzene rings is 1. The summed E-state index contributed by atoms with van der Waals surface area (Å²) in [7, 11) is 1.57. The minimum atomic E-state index is -0.515. The molecule has 1 atom stereocenters. The molecule has 0 aliphatic rings. The normalized spacial score (nSPS) is 12.5. The highest BCUT2D eigenvalue weighted by Crippen LogP contribution is 2.33. The van der Waals surface area contributed by atoms with Crippen LogP contribution in [0.5, 0.6) is 5.88 Å². The van der Waals surface area contributed by atoms with E-state index >= 15 is 0 Å². The van der Waals surface area contributed by atoms with Crippen molar-refractivity contribution in [2.45, 2.75) is 39.3 Å². The van der Waals surface area contributed by atoms with Crippen LogP contribution in [-0.2, 0) is 9.47 Å². The molecule has 1 heterocycles. The molecule has 7 heteroatoms. The van der Waals surface area contributed by atoms with Gasteiger partial charge < -0.3 is 19.5 Å². The molecule has 0 saturated heterocycles. The second-order valence-electron chi connectivity index (χ2n) is 6.53. The Labute approximate surface area is 152 Å². The molecule has 136 valence electrons. The summed E-state index contributed by atoms with van der Waals surface area (Å²) in [5, 5.41) is 2.83. The van der Waals surface area contributed by atoms with E-state index in [0.717, 1.165) is 16.0 Å². The van der Waals surface area contributed by atoms with E-state index < -0.39 is 11.7 Å². The third-order valence-corrected chi connectivity index (χ3v) is 4.11. The zero-order valence-electron chi connectivity index (χ0n) is 15.2. The number of nitrogens with one attached hydrogen (secondary N) is 1. The van der Waals surface area contributed by atoms with E-state index in [0.29, 0.717) is 5.88 Å². The molecule has 0 fully saturated rings. The van der Waals surface area contributed by atoms with E-state index in [1.807, 2.05) is 52.0 Å². The number of amides is 1. The molecular weight excluding hydrogens is 340 g/mol. The molecule has 2 rings (SSSR count). The standard InChI is InChI=1S/C18H24N2O4S/c1-12(20-17(21)24-18(2,3)4)13-6-8-14(9-7-13)15-16(19-10-25-15)23-11-22-5/h6-10,12H,11H2,1-5H3,(H,20,21)/t12-/m0/s1. The highest BCUT2D eigenvalue weighted by molar-refractivity contribution is 7.13. The Hall–Kier alpha value is -2.12. The van der Waals surface area contributed by atoms with Gasteiger partial charge in [0.2, 0.25) is 5.88 Å². The monoisotopic (exact) mass is 364 g/mol. The summed E-state index contributed by atoms with van der Waals surface area (Å²) in [6.07, 6.45) is -0.429. The summed E-state index contributed by atoms with van der Waals surface area (Å²) in [4.78, 5) is 17.0. The van der Waals surface area contributed by atoms with Crippen LogP contribution in [0.15, 0.2) is 29.8 Å². The van der Waals surface area contributed by atoms with Crippen LogP contribution >= 0.6 is 11.3 Å². The highest BCUT2D eigenvalue weighted by atomic mass is 32.1. The number of hydrogen-bond acceptors (Lipinski definition) is 6.